The molecule has 1 atom stereocenters. The standard InChI is InChI=1S/C8H13NO/c1-3-5-6-8(4-2)7(10)9-8/h4H,2-3,5-6H2,1H3,(H,9,10). The molecule has 0 aromatic rings. The maximum atomic E-state index is 10.8. The molecule has 1 aliphatic rings. The zero-order valence-electron chi connectivity index (χ0n) is 6.31. The maximum Gasteiger partial charge on any atom is 0.250 e. The molecule has 2 heteroatoms. The van der Waals surface area contributed by atoms with E-state index in [1.54, 1.807) is 6.08 Å². The highest BCUT2D eigenvalue weighted by Crippen LogP contribution is 2.26. The fraction of sp³-hybridized carbons (Fsp3) is 0.625. The molecule has 0 bridgehead atoms. The molecule has 2 nitrogen and oxygen atoms in total. The van der Waals surface area contributed by atoms with E-state index in [1.165, 1.54) is 0 Å². The van der Waals surface area contributed by atoms with Crippen molar-refractivity contribution in [2.24, 2.45) is 0 Å². The first-order valence-corrected chi connectivity index (χ1v) is 3.71. The SMILES string of the molecule is C=CC1(CCCC)NC1=O. The minimum absolute atomic E-state index is 0.135. The Balaban J connectivity index is 2.37. The van der Waals surface area contributed by atoms with Gasteiger partial charge in [0.15, 0.2) is 0 Å². The van der Waals surface area contributed by atoms with Crippen molar-refractivity contribution < 1.29 is 4.79 Å². The lowest BCUT2D eigenvalue weighted by Gasteiger charge is -2.01. The van der Waals surface area contributed by atoms with E-state index in [1.807, 2.05) is 0 Å². The van der Waals surface area contributed by atoms with Crippen LogP contribution in [0.1, 0.15) is 26.2 Å². The van der Waals surface area contributed by atoms with E-state index in [2.05, 4.69) is 18.8 Å². The summed E-state index contributed by atoms with van der Waals surface area (Å²) in [7, 11) is 0. The number of unbranched alkanes of at least 4 members (excludes halogenated alkanes) is 1. The molecule has 0 aliphatic carbocycles. The van der Waals surface area contributed by atoms with Crippen molar-refractivity contribution in [1.29, 1.82) is 0 Å². The molecule has 0 saturated carbocycles. The molecule has 1 rings (SSSR count). The molecule has 0 radical (unpaired) electrons. The largest absolute Gasteiger partial charge is 0.336 e. The van der Waals surface area contributed by atoms with E-state index in [0.717, 1.165) is 19.3 Å². The van der Waals surface area contributed by atoms with Crippen molar-refractivity contribution in [2.45, 2.75) is 31.7 Å². The second kappa shape index (κ2) is 2.45. The van der Waals surface area contributed by atoms with Gasteiger partial charge in [0.1, 0.15) is 5.54 Å². The van der Waals surface area contributed by atoms with Crippen LogP contribution in [-0.2, 0) is 4.79 Å². The molecule has 1 saturated heterocycles. The summed E-state index contributed by atoms with van der Waals surface area (Å²) in [4.78, 5) is 10.8. The molecule has 1 amide bonds. The van der Waals surface area contributed by atoms with Gasteiger partial charge in [-0.15, -0.1) is 6.58 Å². The number of hydrogen-bond donors (Lipinski definition) is 1. The summed E-state index contributed by atoms with van der Waals surface area (Å²) in [5, 5.41) is 2.77. The molecular weight excluding hydrogens is 126 g/mol. The third-order valence-electron chi connectivity index (χ3n) is 1.95. The van der Waals surface area contributed by atoms with Crippen molar-refractivity contribution in [3.63, 3.8) is 0 Å². The minimum Gasteiger partial charge on any atom is -0.336 e. The monoisotopic (exact) mass is 139 g/mol. The Hall–Kier alpha value is -0.790. The van der Waals surface area contributed by atoms with Crippen molar-refractivity contribution in [3.8, 4) is 0 Å². The number of rotatable bonds is 4. The Bertz CT molecular complexity index is 165. The lowest BCUT2D eigenvalue weighted by Crippen LogP contribution is -2.11. The van der Waals surface area contributed by atoms with E-state index >= 15 is 0 Å². The molecule has 1 aliphatic heterocycles. The first-order chi connectivity index (χ1) is 4.75. The van der Waals surface area contributed by atoms with E-state index in [4.69, 9.17) is 0 Å². The molecule has 0 spiro atoms. The number of nitrogens with one attached hydrogen (secondary N) is 1. The highest BCUT2D eigenvalue weighted by atomic mass is 16.2. The lowest BCUT2D eigenvalue weighted by atomic mass is 10.0. The van der Waals surface area contributed by atoms with E-state index < -0.39 is 0 Å². The summed E-state index contributed by atoms with van der Waals surface area (Å²) in [5.41, 5.74) is -0.323. The number of hydrogen-bond acceptors (Lipinski definition) is 1. The molecule has 56 valence electrons. The zero-order chi connectivity index (χ0) is 7.61. The lowest BCUT2D eigenvalue weighted by molar-refractivity contribution is -0.111. The molecule has 1 fully saturated rings. The van der Waals surface area contributed by atoms with Gasteiger partial charge < -0.3 is 5.32 Å². The molecular formula is C8H13NO. The molecule has 1 N–H and O–H groups in total. The van der Waals surface area contributed by atoms with Gasteiger partial charge in [-0.3, -0.25) is 4.79 Å². The van der Waals surface area contributed by atoms with Gasteiger partial charge in [-0.2, -0.15) is 0 Å². The average molecular weight is 139 g/mol. The number of carbonyl (C=O) groups is 1. The first kappa shape index (κ1) is 7.32. The van der Waals surface area contributed by atoms with Gasteiger partial charge in [-0.05, 0) is 6.42 Å². The topological polar surface area (TPSA) is 39.0 Å². The molecule has 0 aromatic carbocycles. The van der Waals surface area contributed by atoms with Gasteiger partial charge in [-0.25, -0.2) is 0 Å². The van der Waals surface area contributed by atoms with Crippen LogP contribution in [0, 0.1) is 0 Å². The highest BCUT2D eigenvalue weighted by Gasteiger charge is 2.49. The molecule has 1 heterocycles. The van der Waals surface area contributed by atoms with Crippen LogP contribution in [0.2, 0.25) is 0 Å². The summed E-state index contributed by atoms with van der Waals surface area (Å²) in [6.07, 6.45) is 4.84. The third-order valence-corrected chi connectivity index (χ3v) is 1.95. The summed E-state index contributed by atoms with van der Waals surface area (Å²) in [6.45, 7) is 5.73. The quantitative estimate of drug-likeness (QED) is 0.461. The second-order valence-electron chi connectivity index (χ2n) is 2.73. The van der Waals surface area contributed by atoms with Gasteiger partial charge in [0.05, 0.1) is 0 Å². The van der Waals surface area contributed by atoms with Crippen LogP contribution in [-0.4, -0.2) is 11.4 Å². The van der Waals surface area contributed by atoms with Crippen molar-refractivity contribution in [2.75, 3.05) is 0 Å². The van der Waals surface area contributed by atoms with Crippen LogP contribution in [0.25, 0.3) is 0 Å². The van der Waals surface area contributed by atoms with Crippen LogP contribution < -0.4 is 5.32 Å². The minimum atomic E-state index is -0.323. The van der Waals surface area contributed by atoms with Crippen LogP contribution in [0.15, 0.2) is 12.7 Å². The van der Waals surface area contributed by atoms with E-state index in [0.29, 0.717) is 0 Å². The first-order valence-electron chi connectivity index (χ1n) is 3.71. The third kappa shape index (κ3) is 1.06. The van der Waals surface area contributed by atoms with Crippen LogP contribution in [0.4, 0.5) is 0 Å². The Morgan fingerprint density at radius 2 is 2.40 bits per heavy atom. The van der Waals surface area contributed by atoms with Gasteiger partial charge in [0, 0.05) is 0 Å². The van der Waals surface area contributed by atoms with Crippen molar-refractivity contribution >= 4 is 5.91 Å². The summed E-state index contributed by atoms with van der Waals surface area (Å²) >= 11 is 0. The highest BCUT2D eigenvalue weighted by molar-refractivity contribution is 6.04. The average Bonchev–Trinajstić information content (AvgIpc) is 2.59. The van der Waals surface area contributed by atoms with Crippen molar-refractivity contribution in [3.05, 3.63) is 12.7 Å². The van der Waals surface area contributed by atoms with Gasteiger partial charge in [0.25, 0.3) is 5.91 Å². The molecule has 1 unspecified atom stereocenters. The fourth-order valence-electron chi connectivity index (χ4n) is 1.05. The Morgan fingerprint density at radius 3 is 2.70 bits per heavy atom. The van der Waals surface area contributed by atoms with Crippen LogP contribution in [0.3, 0.4) is 0 Å². The molecule has 10 heavy (non-hydrogen) atoms. The Kier molecular flexibility index (Phi) is 1.79. The van der Waals surface area contributed by atoms with Gasteiger partial charge in [-0.1, -0.05) is 25.8 Å². The summed E-state index contributed by atoms with van der Waals surface area (Å²) in [6, 6.07) is 0. The number of carbonyl (C=O) groups excluding carboxylic acids is 1. The summed E-state index contributed by atoms with van der Waals surface area (Å²) < 4.78 is 0. The van der Waals surface area contributed by atoms with Gasteiger partial charge >= 0.3 is 0 Å². The van der Waals surface area contributed by atoms with Crippen LogP contribution in [0.5, 0.6) is 0 Å². The normalized spacial score (nSPS) is 29.5. The molecule has 0 aromatic heterocycles. The summed E-state index contributed by atoms with van der Waals surface area (Å²) in [5.74, 6) is 0.135. The Morgan fingerprint density at radius 1 is 1.80 bits per heavy atom. The smallest absolute Gasteiger partial charge is 0.250 e. The van der Waals surface area contributed by atoms with Crippen molar-refractivity contribution in [1.82, 2.24) is 5.32 Å². The Labute approximate surface area is 61.3 Å². The zero-order valence-corrected chi connectivity index (χ0v) is 6.31. The van der Waals surface area contributed by atoms with Gasteiger partial charge in [0.2, 0.25) is 0 Å². The fourth-order valence-corrected chi connectivity index (χ4v) is 1.05. The van der Waals surface area contributed by atoms with Crippen LogP contribution >= 0.6 is 0 Å². The predicted molar refractivity (Wildman–Crippen MR) is 40.6 cm³/mol. The van der Waals surface area contributed by atoms with E-state index in [9.17, 15) is 4.79 Å². The predicted octanol–water partition coefficient (Wildman–Crippen LogP) is 1.23. The maximum absolute atomic E-state index is 10.8. The van der Waals surface area contributed by atoms with E-state index in [-0.39, 0.29) is 11.4 Å². The second-order valence-corrected chi connectivity index (χ2v) is 2.73. The number of amides is 1.